The highest BCUT2D eigenvalue weighted by Crippen LogP contribution is 2.20. The Kier molecular flexibility index (Phi) is 3.99. The number of carbonyl (C=O) groups excluding carboxylic acids is 1. The summed E-state index contributed by atoms with van der Waals surface area (Å²) in [6.45, 7) is 3.30. The molecule has 0 radical (unpaired) electrons. The fraction of sp³-hybridized carbons (Fsp3) is 0.364. The topological polar surface area (TPSA) is 63.6 Å². The summed E-state index contributed by atoms with van der Waals surface area (Å²) >= 11 is 0. The maximum atomic E-state index is 11.6. The van der Waals surface area contributed by atoms with Crippen molar-refractivity contribution in [3.8, 4) is 0 Å². The van der Waals surface area contributed by atoms with Gasteiger partial charge < -0.3 is 0 Å². The highest BCUT2D eigenvalue weighted by molar-refractivity contribution is 7.91. The SMILES string of the molecule is CCS(=O)(=O)c1cccc(C(C)N=C=O)c1. The molecule has 0 spiro atoms. The fourth-order valence-corrected chi connectivity index (χ4v) is 2.22. The van der Waals surface area contributed by atoms with Crippen LogP contribution in [0.1, 0.15) is 25.5 Å². The van der Waals surface area contributed by atoms with Crippen LogP contribution in [-0.2, 0) is 14.6 Å². The van der Waals surface area contributed by atoms with Crippen molar-refractivity contribution in [1.29, 1.82) is 0 Å². The predicted octanol–water partition coefficient (Wildman–Crippen LogP) is 1.88. The maximum absolute atomic E-state index is 11.6. The van der Waals surface area contributed by atoms with E-state index >= 15 is 0 Å². The molecule has 0 saturated carbocycles. The van der Waals surface area contributed by atoms with E-state index in [1.807, 2.05) is 0 Å². The molecule has 1 rings (SSSR count). The molecule has 0 aromatic heterocycles. The van der Waals surface area contributed by atoms with E-state index in [4.69, 9.17) is 0 Å². The van der Waals surface area contributed by atoms with Crippen molar-refractivity contribution < 1.29 is 13.2 Å². The third-order valence-electron chi connectivity index (χ3n) is 2.33. The van der Waals surface area contributed by atoms with E-state index in [-0.39, 0.29) is 16.7 Å². The van der Waals surface area contributed by atoms with Crippen LogP contribution in [0.25, 0.3) is 0 Å². The van der Waals surface area contributed by atoms with Crippen LogP contribution in [0.3, 0.4) is 0 Å². The minimum absolute atomic E-state index is 0.0573. The normalized spacial score (nSPS) is 12.9. The predicted molar refractivity (Wildman–Crippen MR) is 60.7 cm³/mol. The first-order valence-electron chi connectivity index (χ1n) is 4.91. The molecule has 0 aliphatic heterocycles. The number of hydrogen-bond acceptors (Lipinski definition) is 4. The fourth-order valence-electron chi connectivity index (χ4n) is 1.29. The Morgan fingerprint density at radius 2 is 2.12 bits per heavy atom. The highest BCUT2D eigenvalue weighted by Gasteiger charge is 2.13. The number of sulfone groups is 1. The Balaban J connectivity index is 3.19. The molecule has 0 aliphatic carbocycles. The number of aliphatic imine (C=N–C) groups is 1. The lowest BCUT2D eigenvalue weighted by molar-refractivity contribution is 0.559. The van der Waals surface area contributed by atoms with Gasteiger partial charge in [0.2, 0.25) is 6.08 Å². The van der Waals surface area contributed by atoms with Crippen LogP contribution in [-0.4, -0.2) is 20.3 Å². The molecule has 86 valence electrons. The smallest absolute Gasteiger partial charge is 0.224 e. The Hall–Kier alpha value is -1.45. The molecular formula is C11H13NO3S. The van der Waals surface area contributed by atoms with Crippen molar-refractivity contribution in [2.45, 2.75) is 24.8 Å². The zero-order valence-electron chi connectivity index (χ0n) is 9.17. The first-order valence-corrected chi connectivity index (χ1v) is 6.56. The molecule has 0 bridgehead atoms. The van der Waals surface area contributed by atoms with Crippen molar-refractivity contribution in [2.24, 2.45) is 4.99 Å². The monoisotopic (exact) mass is 239 g/mol. The zero-order chi connectivity index (χ0) is 12.2. The van der Waals surface area contributed by atoms with E-state index in [0.29, 0.717) is 5.56 Å². The van der Waals surface area contributed by atoms with Gasteiger partial charge in [-0.15, -0.1) is 0 Å². The van der Waals surface area contributed by atoms with E-state index < -0.39 is 9.84 Å². The van der Waals surface area contributed by atoms with Crippen molar-refractivity contribution in [1.82, 2.24) is 0 Å². The molecule has 5 heteroatoms. The Bertz CT molecular complexity index is 516. The van der Waals surface area contributed by atoms with Crippen LogP contribution in [0, 0.1) is 0 Å². The number of benzene rings is 1. The molecule has 16 heavy (non-hydrogen) atoms. The summed E-state index contributed by atoms with van der Waals surface area (Å²) in [5, 5.41) is 0. The minimum atomic E-state index is -3.21. The third kappa shape index (κ3) is 2.78. The second kappa shape index (κ2) is 5.05. The van der Waals surface area contributed by atoms with Crippen molar-refractivity contribution >= 4 is 15.9 Å². The molecule has 1 aromatic carbocycles. The summed E-state index contributed by atoms with van der Waals surface area (Å²) in [6.07, 6.45) is 1.46. The summed E-state index contributed by atoms with van der Waals surface area (Å²) in [5.74, 6) is 0.0573. The molecular weight excluding hydrogens is 226 g/mol. The van der Waals surface area contributed by atoms with E-state index in [9.17, 15) is 13.2 Å². The Morgan fingerprint density at radius 3 is 2.69 bits per heavy atom. The molecule has 0 aliphatic rings. The van der Waals surface area contributed by atoms with Gasteiger partial charge in [0, 0.05) is 0 Å². The molecule has 4 nitrogen and oxygen atoms in total. The Morgan fingerprint density at radius 1 is 1.44 bits per heavy atom. The minimum Gasteiger partial charge on any atom is -0.224 e. The lowest BCUT2D eigenvalue weighted by Gasteiger charge is -2.07. The summed E-state index contributed by atoms with van der Waals surface area (Å²) in [5.41, 5.74) is 0.692. The van der Waals surface area contributed by atoms with Gasteiger partial charge in [-0.05, 0) is 24.6 Å². The summed E-state index contributed by atoms with van der Waals surface area (Å²) in [6, 6.07) is 6.10. The van der Waals surface area contributed by atoms with Gasteiger partial charge in [-0.3, -0.25) is 0 Å². The van der Waals surface area contributed by atoms with Crippen molar-refractivity contribution in [2.75, 3.05) is 5.75 Å². The van der Waals surface area contributed by atoms with Gasteiger partial charge >= 0.3 is 0 Å². The average Bonchev–Trinajstić information content (AvgIpc) is 2.29. The lowest BCUT2D eigenvalue weighted by atomic mass is 10.1. The third-order valence-corrected chi connectivity index (χ3v) is 4.06. The number of rotatable bonds is 4. The molecule has 1 atom stereocenters. The van der Waals surface area contributed by atoms with Crippen LogP contribution in [0.2, 0.25) is 0 Å². The summed E-state index contributed by atoms with van der Waals surface area (Å²) in [4.78, 5) is 13.9. The highest BCUT2D eigenvalue weighted by atomic mass is 32.2. The van der Waals surface area contributed by atoms with E-state index in [1.54, 1.807) is 38.1 Å². The summed E-state index contributed by atoms with van der Waals surface area (Å²) in [7, 11) is -3.21. The maximum Gasteiger partial charge on any atom is 0.235 e. The molecule has 0 N–H and O–H groups in total. The largest absolute Gasteiger partial charge is 0.235 e. The van der Waals surface area contributed by atoms with Crippen LogP contribution in [0.5, 0.6) is 0 Å². The first kappa shape index (κ1) is 12.6. The van der Waals surface area contributed by atoms with Crippen LogP contribution >= 0.6 is 0 Å². The van der Waals surface area contributed by atoms with Gasteiger partial charge in [-0.25, -0.2) is 13.2 Å². The van der Waals surface area contributed by atoms with Crippen molar-refractivity contribution in [3.05, 3.63) is 29.8 Å². The molecule has 1 unspecified atom stereocenters. The first-order chi connectivity index (χ1) is 7.51. The number of hydrogen-bond donors (Lipinski definition) is 0. The standard InChI is InChI=1S/C11H13NO3S/c1-3-16(14,15)11-6-4-5-10(7-11)9(2)12-8-13/h4-7,9H,3H2,1-2H3. The number of isocyanates is 1. The Labute approximate surface area is 94.9 Å². The van der Waals surface area contributed by atoms with Gasteiger partial charge in [0.1, 0.15) is 0 Å². The van der Waals surface area contributed by atoms with Gasteiger partial charge in [-0.1, -0.05) is 19.1 Å². The summed E-state index contributed by atoms with van der Waals surface area (Å²) < 4.78 is 23.3. The van der Waals surface area contributed by atoms with Gasteiger partial charge in [0.05, 0.1) is 16.7 Å². The average molecular weight is 239 g/mol. The van der Waals surface area contributed by atoms with E-state index in [2.05, 4.69) is 4.99 Å². The van der Waals surface area contributed by atoms with E-state index in [0.717, 1.165) is 0 Å². The zero-order valence-corrected chi connectivity index (χ0v) is 9.99. The van der Waals surface area contributed by atoms with Crippen LogP contribution < -0.4 is 0 Å². The molecule has 1 aromatic rings. The van der Waals surface area contributed by atoms with Gasteiger partial charge in [0.25, 0.3) is 0 Å². The molecule has 0 fully saturated rings. The molecule has 0 heterocycles. The second-order valence-corrected chi connectivity index (χ2v) is 5.65. The van der Waals surface area contributed by atoms with Crippen molar-refractivity contribution in [3.63, 3.8) is 0 Å². The van der Waals surface area contributed by atoms with Crippen LogP contribution in [0.15, 0.2) is 34.2 Å². The lowest BCUT2D eigenvalue weighted by Crippen LogP contribution is -2.04. The van der Waals surface area contributed by atoms with Gasteiger partial charge in [-0.2, -0.15) is 4.99 Å². The van der Waals surface area contributed by atoms with E-state index in [1.165, 1.54) is 6.08 Å². The molecule has 0 amide bonds. The molecule has 0 saturated heterocycles. The quantitative estimate of drug-likeness (QED) is 0.595. The van der Waals surface area contributed by atoms with Gasteiger partial charge in [0.15, 0.2) is 9.84 Å². The number of nitrogens with zero attached hydrogens (tertiary/aromatic N) is 1. The van der Waals surface area contributed by atoms with Crippen LogP contribution in [0.4, 0.5) is 0 Å². The second-order valence-electron chi connectivity index (χ2n) is 3.37.